The molecule has 1 aromatic rings. The van der Waals surface area contributed by atoms with Crippen LogP contribution in [0.15, 0.2) is 24.3 Å². The molecule has 0 aliphatic rings. The van der Waals surface area contributed by atoms with Gasteiger partial charge in [0, 0.05) is 12.1 Å². The Morgan fingerprint density at radius 1 is 1.20 bits per heavy atom. The van der Waals surface area contributed by atoms with E-state index in [-0.39, 0.29) is 0 Å². The van der Waals surface area contributed by atoms with Gasteiger partial charge in [0.15, 0.2) is 6.79 Å². The van der Waals surface area contributed by atoms with Crippen LogP contribution in [0.2, 0.25) is 0 Å². The first-order chi connectivity index (χ1) is 9.38. The van der Waals surface area contributed by atoms with Crippen molar-refractivity contribution in [3.05, 3.63) is 29.8 Å². The molecule has 6 heteroatoms. The summed E-state index contributed by atoms with van der Waals surface area (Å²) in [5, 5.41) is 3.26. The van der Waals surface area contributed by atoms with Crippen LogP contribution in [0, 0.1) is 5.92 Å². The molecule has 0 aliphatic carbocycles. The fraction of sp³-hybridized carbons (Fsp3) is 0.571. The van der Waals surface area contributed by atoms with Gasteiger partial charge in [-0.1, -0.05) is 32.0 Å². The molecule has 20 heavy (non-hydrogen) atoms. The Morgan fingerprint density at radius 3 is 2.55 bits per heavy atom. The molecule has 0 saturated carbocycles. The normalized spacial score (nSPS) is 11.9. The zero-order valence-corrected chi connectivity index (χ0v) is 11.7. The highest BCUT2D eigenvalue weighted by atomic mass is 19.4. The summed E-state index contributed by atoms with van der Waals surface area (Å²) in [6.45, 7) is 3.94. The number of ether oxygens (including phenoxy) is 2. The van der Waals surface area contributed by atoms with Crippen molar-refractivity contribution in [1.82, 2.24) is 5.32 Å². The Balaban J connectivity index is 2.40. The second kappa shape index (κ2) is 8.11. The minimum absolute atomic E-state index is 0.416. The fourth-order valence-corrected chi connectivity index (χ4v) is 1.55. The van der Waals surface area contributed by atoms with Gasteiger partial charge in [0.05, 0.1) is 0 Å². The number of benzene rings is 1. The predicted molar refractivity (Wildman–Crippen MR) is 70.5 cm³/mol. The maximum absolute atomic E-state index is 11.9. The summed E-state index contributed by atoms with van der Waals surface area (Å²) >= 11 is 0. The van der Waals surface area contributed by atoms with E-state index in [2.05, 4.69) is 23.9 Å². The Kier molecular flexibility index (Phi) is 6.81. The van der Waals surface area contributed by atoms with Gasteiger partial charge in [-0.2, -0.15) is 13.2 Å². The molecular weight excluding hydrogens is 271 g/mol. The highest BCUT2D eigenvalue weighted by Gasteiger charge is 2.27. The van der Waals surface area contributed by atoms with Gasteiger partial charge < -0.3 is 14.8 Å². The molecule has 0 saturated heterocycles. The van der Waals surface area contributed by atoms with Crippen molar-refractivity contribution in [3.63, 3.8) is 0 Å². The van der Waals surface area contributed by atoms with Crippen molar-refractivity contribution < 1.29 is 22.6 Å². The molecular formula is C14H20F3NO2. The molecule has 3 nitrogen and oxygen atoms in total. The van der Waals surface area contributed by atoms with Crippen molar-refractivity contribution in [3.8, 4) is 5.75 Å². The largest absolute Gasteiger partial charge is 0.467 e. The predicted octanol–water partition coefficient (Wildman–Crippen LogP) is 3.35. The Bertz CT molecular complexity index is 394. The number of hydrogen-bond acceptors (Lipinski definition) is 3. The Morgan fingerprint density at radius 2 is 1.90 bits per heavy atom. The average molecular weight is 291 g/mol. The molecule has 0 atom stereocenters. The fourth-order valence-electron chi connectivity index (χ4n) is 1.55. The second-order valence-corrected chi connectivity index (χ2v) is 4.86. The first-order valence-electron chi connectivity index (χ1n) is 6.44. The molecule has 1 rings (SSSR count). The molecule has 0 aliphatic heterocycles. The van der Waals surface area contributed by atoms with E-state index in [0.717, 1.165) is 12.1 Å². The van der Waals surface area contributed by atoms with Crippen LogP contribution in [-0.4, -0.2) is 26.1 Å². The molecule has 0 unspecified atom stereocenters. The van der Waals surface area contributed by atoms with Crippen LogP contribution in [0.25, 0.3) is 0 Å². The van der Waals surface area contributed by atoms with E-state index in [4.69, 9.17) is 4.74 Å². The van der Waals surface area contributed by atoms with Crippen LogP contribution in [-0.2, 0) is 11.3 Å². The van der Waals surface area contributed by atoms with Crippen LogP contribution in [0.5, 0.6) is 5.75 Å². The standard InChI is InChI=1S/C14H20F3NO2/c1-11(2)7-18-8-12-5-3-4-6-13(12)20-10-19-9-14(15,16)17/h3-6,11,18H,7-10H2,1-2H3. The molecule has 0 radical (unpaired) electrons. The summed E-state index contributed by atoms with van der Waals surface area (Å²) in [4.78, 5) is 0. The first-order valence-corrected chi connectivity index (χ1v) is 6.44. The van der Waals surface area contributed by atoms with E-state index in [1.807, 2.05) is 12.1 Å². The highest BCUT2D eigenvalue weighted by Crippen LogP contribution is 2.19. The van der Waals surface area contributed by atoms with Gasteiger partial charge in [-0.25, -0.2) is 0 Å². The summed E-state index contributed by atoms with van der Waals surface area (Å²) < 4.78 is 45.4. The lowest BCUT2D eigenvalue weighted by atomic mass is 10.2. The molecule has 0 aromatic heterocycles. The zero-order valence-electron chi connectivity index (χ0n) is 11.7. The van der Waals surface area contributed by atoms with E-state index >= 15 is 0 Å². The van der Waals surface area contributed by atoms with Crippen molar-refractivity contribution in [2.45, 2.75) is 26.6 Å². The highest BCUT2D eigenvalue weighted by molar-refractivity contribution is 5.33. The number of nitrogens with one attached hydrogen (secondary N) is 1. The van der Waals surface area contributed by atoms with Gasteiger partial charge in [-0.15, -0.1) is 0 Å². The maximum Gasteiger partial charge on any atom is 0.411 e. The lowest BCUT2D eigenvalue weighted by Gasteiger charge is -2.13. The summed E-state index contributed by atoms with van der Waals surface area (Å²) in [6.07, 6.45) is -4.33. The number of alkyl halides is 3. The third-order valence-corrected chi connectivity index (χ3v) is 2.40. The van der Waals surface area contributed by atoms with Gasteiger partial charge in [-0.05, 0) is 18.5 Å². The van der Waals surface area contributed by atoms with E-state index in [1.165, 1.54) is 0 Å². The maximum atomic E-state index is 11.9. The lowest BCUT2D eigenvalue weighted by Crippen LogP contribution is -2.21. The van der Waals surface area contributed by atoms with Crippen LogP contribution in [0.4, 0.5) is 13.2 Å². The average Bonchev–Trinajstić information content (AvgIpc) is 2.34. The van der Waals surface area contributed by atoms with Crippen LogP contribution < -0.4 is 10.1 Å². The molecule has 114 valence electrons. The van der Waals surface area contributed by atoms with E-state index < -0.39 is 19.6 Å². The Labute approximate surface area is 117 Å². The molecule has 0 bridgehead atoms. The topological polar surface area (TPSA) is 30.5 Å². The van der Waals surface area contributed by atoms with E-state index in [9.17, 15) is 13.2 Å². The second-order valence-electron chi connectivity index (χ2n) is 4.86. The smallest absolute Gasteiger partial charge is 0.411 e. The van der Waals surface area contributed by atoms with Gasteiger partial charge in [0.2, 0.25) is 0 Å². The third kappa shape index (κ3) is 7.35. The van der Waals surface area contributed by atoms with Gasteiger partial charge in [0.25, 0.3) is 0 Å². The summed E-state index contributed by atoms with van der Waals surface area (Å²) in [7, 11) is 0. The summed E-state index contributed by atoms with van der Waals surface area (Å²) in [6, 6.07) is 7.20. The molecule has 0 spiro atoms. The summed E-state index contributed by atoms with van der Waals surface area (Å²) in [5.41, 5.74) is 0.892. The number of para-hydroxylation sites is 1. The zero-order chi connectivity index (χ0) is 15.0. The SMILES string of the molecule is CC(C)CNCc1ccccc1OCOCC(F)(F)F. The van der Waals surface area contributed by atoms with E-state index in [1.54, 1.807) is 12.1 Å². The van der Waals surface area contributed by atoms with Crippen LogP contribution in [0.1, 0.15) is 19.4 Å². The van der Waals surface area contributed by atoms with Gasteiger partial charge in [-0.3, -0.25) is 0 Å². The quantitative estimate of drug-likeness (QED) is 0.588. The molecule has 0 fully saturated rings. The van der Waals surface area contributed by atoms with E-state index in [0.29, 0.717) is 18.2 Å². The van der Waals surface area contributed by atoms with Crippen molar-refractivity contribution >= 4 is 0 Å². The Hall–Kier alpha value is -1.27. The third-order valence-electron chi connectivity index (χ3n) is 2.40. The number of hydrogen-bond donors (Lipinski definition) is 1. The first kappa shape index (κ1) is 16.8. The van der Waals surface area contributed by atoms with Crippen LogP contribution in [0.3, 0.4) is 0 Å². The molecule has 1 N–H and O–H groups in total. The van der Waals surface area contributed by atoms with Crippen molar-refractivity contribution in [2.75, 3.05) is 19.9 Å². The van der Waals surface area contributed by atoms with Gasteiger partial charge in [0.1, 0.15) is 12.4 Å². The van der Waals surface area contributed by atoms with Crippen molar-refractivity contribution in [1.29, 1.82) is 0 Å². The van der Waals surface area contributed by atoms with Gasteiger partial charge >= 0.3 is 6.18 Å². The number of rotatable bonds is 8. The molecule has 0 amide bonds. The van der Waals surface area contributed by atoms with Crippen LogP contribution >= 0.6 is 0 Å². The molecule has 0 heterocycles. The number of halogens is 3. The summed E-state index contributed by atoms with van der Waals surface area (Å²) in [5.74, 6) is 1.06. The van der Waals surface area contributed by atoms with Crippen molar-refractivity contribution in [2.24, 2.45) is 5.92 Å². The molecule has 1 aromatic carbocycles. The monoisotopic (exact) mass is 291 g/mol. The minimum Gasteiger partial charge on any atom is -0.467 e. The minimum atomic E-state index is -4.33. The lowest BCUT2D eigenvalue weighted by molar-refractivity contribution is -0.186.